The van der Waals surface area contributed by atoms with Crippen molar-refractivity contribution in [1.82, 2.24) is 0 Å². The first-order valence-corrected chi connectivity index (χ1v) is 17.9. The van der Waals surface area contributed by atoms with Crippen LogP contribution in [-0.2, 0) is 32.7 Å². The van der Waals surface area contributed by atoms with Crippen LogP contribution >= 0.6 is 7.82 Å². The zero-order chi connectivity index (χ0) is 31.5. The average Bonchev–Trinajstić information content (AvgIpc) is 2.92. The highest BCUT2D eigenvalue weighted by molar-refractivity contribution is 7.45. The topological polar surface area (TPSA) is 111 Å². The van der Waals surface area contributed by atoms with Crippen LogP contribution in [0.2, 0.25) is 0 Å². The first-order valence-electron chi connectivity index (χ1n) is 16.4. The van der Waals surface area contributed by atoms with Crippen molar-refractivity contribution in [3.05, 3.63) is 12.2 Å². The Bertz CT molecular complexity index is 753. The molecule has 0 radical (unpaired) electrons. The molecular formula is C32H62NO8P. The number of ether oxygens (including phenoxy) is 2. The smallest absolute Gasteiger partial charge is 0.306 e. The van der Waals surface area contributed by atoms with Crippen LogP contribution < -0.4 is 4.89 Å². The van der Waals surface area contributed by atoms with Crippen LogP contribution in [0, 0.1) is 0 Å². The van der Waals surface area contributed by atoms with Crippen molar-refractivity contribution in [3.63, 3.8) is 0 Å². The second-order valence-corrected chi connectivity index (χ2v) is 13.6. The molecule has 0 aliphatic heterocycles. The number of phosphoric acid groups is 1. The molecule has 0 saturated carbocycles. The molecule has 0 aromatic heterocycles. The SMILES string of the molecule is CCCC/C=C\CCCCCCCC(=O)OC(COC(=O)CCCCCCCCC)COP(=O)([O-])OCC[N+](C)(C)C. The second-order valence-electron chi connectivity index (χ2n) is 12.2. The fourth-order valence-corrected chi connectivity index (χ4v) is 4.83. The summed E-state index contributed by atoms with van der Waals surface area (Å²) in [6.07, 6.45) is 21.2. The zero-order valence-corrected chi connectivity index (χ0v) is 28.3. The van der Waals surface area contributed by atoms with Gasteiger partial charge in [0, 0.05) is 12.8 Å². The number of allylic oxidation sites excluding steroid dienone is 2. The van der Waals surface area contributed by atoms with Crippen LogP contribution in [0.25, 0.3) is 0 Å². The number of carbonyl (C=O) groups excluding carboxylic acids is 2. The van der Waals surface area contributed by atoms with E-state index in [-0.39, 0.29) is 26.1 Å². The number of carbonyl (C=O) groups is 2. The fraction of sp³-hybridized carbons (Fsp3) is 0.875. The van der Waals surface area contributed by atoms with Crippen molar-refractivity contribution in [2.24, 2.45) is 0 Å². The van der Waals surface area contributed by atoms with Gasteiger partial charge in [0.2, 0.25) is 0 Å². The molecule has 0 amide bonds. The van der Waals surface area contributed by atoms with Crippen LogP contribution in [0.1, 0.15) is 129 Å². The second kappa shape index (κ2) is 26.2. The van der Waals surface area contributed by atoms with E-state index in [1.165, 1.54) is 38.5 Å². The number of nitrogens with zero attached hydrogens (tertiary/aromatic N) is 1. The normalized spacial score (nSPS) is 14.1. The number of phosphoric ester groups is 1. The predicted octanol–water partition coefficient (Wildman–Crippen LogP) is 7.27. The molecule has 0 fully saturated rings. The quantitative estimate of drug-likeness (QED) is 0.0283. The lowest BCUT2D eigenvalue weighted by Crippen LogP contribution is -2.37. The minimum atomic E-state index is -4.60. The van der Waals surface area contributed by atoms with E-state index in [4.69, 9.17) is 18.5 Å². The molecule has 2 atom stereocenters. The summed E-state index contributed by atoms with van der Waals surface area (Å²) in [7, 11) is 1.16. The highest BCUT2D eigenvalue weighted by Gasteiger charge is 2.21. The van der Waals surface area contributed by atoms with Gasteiger partial charge >= 0.3 is 11.9 Å². The highest BCUT2D eigenvalue weighted by atomic mass is 31.2. The van der Waals surface area contributed by atoms with Crippen molar-refractivity contribution >= 4 is 19.8 Å². The standard InChI is InChI=1S/C32H62NO8P/c1-6-8-10-12-14-15-16-17-19-21-23-25-32(35)41-30(29-40-42(36,37)39-27-26-33(3,4)5)28-38-31(34)24-22-20-18-13-11-9-7-2/h12,14,30H,6-11,13,15-29H2,1-5H3/b14-12-. The molecule has 0 heterocycles. The van der Waals surface area contributed by atoms with Gasteiger partial charge in [0.25, 0.3) is 7.82 Å². The highest BCUT2D eigenvalue weighted by Crippen LogP contribution is 2.38. The van der Waals surface area contributed by atoms with Gasteiger partial charge in [0.05, 0.1) is 27.7 Å². The number of rotatable bonds is 29. The number of hydrogen-bond acceptors (Lipinski definition) is 8. The number of unbranched alkanes of at least 4 members (excludes halogenated alkanes) is 13. The number of quaternary nitrogens is 1. The average molecular weight is 620 g/mol. The zero-order valence-electron chi connectivity index (χ0n) is 27.4. The van der Waals surface area contributed by atoms with Gasteiger partial charge in [-0.2, -0.15) is 0 Å². The van der Waals surface area contributed by atoms with Gasteiger partial charge in [-0.05, 0) is 32.1 Å². The Kier molecular flexibility index (Phi) is 25.4. The maximum atomic E-state index is 12.5. The van der Waals surface area contributed by atoms with E-state index in [0.29, 0.717) is 17.4 Å². The summed E-state index contributed by atoms with van der Waals surface area (Å²) in [5.41, 5.74) is 0. The molecule has 248 valence electrons. The van der Waals surface area contributed by atoms with Gasteiger partial charge < -0.3 is 27.9 Å². The summed E-state index contributed by atoms with van der Waals surface area (Å²) < 4.78 is 33.5. The van der Waals surface area contributed by atoms with Gasteiger partial charge in [-0.25, -0.2) is 0 Å². The summed E-state index contributed by atoms with van der Waals surface area (Å²) in [5.74, 6) is -0.855. The molecule has 0 N–H and O–H groups in total. The Balaban J connectivity index is 4.53. The lowest BCUT2D eigenvalue weighted by Gasteiger charge is -2.28. The van der Waals surface area contributed by atoms with Gasteiger partial charge in [-0.1, -0.05) is 96.6 Å². The monoisotopic (exact) mass is 619 g/mol. The van der Waals surface area contributed by atoms with E-state index in [1.807, 2.05) is 21.1 Å². The van der Waals surface area contributed by atoms with Gasteiger partial charge in [-0.3, -0.25) is 14.2 Å². The van der Waals surface area contributed by atoms with Crippen molar-refractivity contribution < 1.29 is 42.1 Å². The molecular weight excluding hydrogens is 557 g/mol. The Hall–Kier alpha value is -1.25. The third-order valence-corrected chi connectivity index (χ3v) is 7.75. The van der Waals surface area contributed by atoms with E-state index < -0.39 is 32.5 Å². The molecule has 42 heavy (non-hydrogen) atoms. The molecule has 0 rings (SSSR count). The van der Waals surface area contributed by atoms with E-state index in [1.54, 1.807) is 0 Å². The largest absolute Gasteiger partial charge is 0.756 e. The predicted molar refractivity (Wildman–Crippen MR) is 167 cm³/mol. The van der Waals surface area contributed by atoms with E-state index in [2.05, 4.69) is 26.0 Å². The summed E-state index contributed by atoms with van der Waals surface area (Å²) in [6, 6.07) is 0. The lowest BCUT2D eigenvalue weighted by atomic mass is 10.1. The lowest BCUT2D eigenvalue weighted by molar-refractivity contribution is -0.870. The maximum Gasteiger partial charge on any atom is 0.306 e. The summed E-state index contributed by atoms with van der Waals surface area (Å²) in [5, 5.41) is 0. The van der Waals surface area contributed by atoms with Crippen LogP contribution in [0.15, 0.2) is 12.2 Å². The molecule has 0 saturated heterocycles. The van der Waals surface area contributed by atoms with Gasteiger partial charge in [0.15, 0.2) is 6.10 Å². The minimum Gasteiger partial charge on any atom is -0.756 e. The van der Waals surface area contributed by atoms with Gasteiger partial charge in [-0.15, -0.1) is 0 Å². The Morgan fingerprint density at radius 2 is 1.24 bits per heavy atom. The van der Waals surface area contributed by atoms with Crippen molar-refractivity contribution in [2.45, 2.75) is 136 Å². The Labute approximate surface area is 256 Å². The van der Waals surface area contributed by atoms with Crippen LogP contribution in [-0.4, -0.2) is 70.0 Å². The molecule has 0 aromatic rings. The Morgan fingerprint density at radius 3 is 1.83 bits per heavy atom. The van der Waals surface area contributed by atoms with E-state index in [0.717, 1.165) is 57.8 Å². The third kappa shape index (κ3) is 28.9. The molecule has 0 aliphatic rings. The minimum absolute atomic E-state index is 0.0304. The molecule has 9 nitrogen and oxygen atoms in total. The number of hydrogen-bond donors (Lipinski definition) is 0. The molecule has 0 spiro atoms. The molecule has 10 heteroatoms. The Morgan fingerprint density at radius 1 is 0.714 bits per heavy atom. The van der Waals surface area contributed by atoms with Crippen molar-refractivity contribution in [2.75, 3.05) is 47.5 Å². The first kappa shape index (κ1) is 40.8. The third-order valence-electron chi connectivity index (χ3n) is 6.79. The number of esters is 2. The van der Waals surface area contributed by atoms with Crippen LogP contribution in [0.5, 0.6) is 0 Å². The van der Waals surface area contributed by atoms with Crippen molar-refractivity contribution in [3.8, 4) is 0 Å². The molecule has 0 aromatic carbocycles. The summed E-state index contributed by atoms with van der Waals surface area (Å²) in [6.45, 7) is 4.09. The molecule has 2 unspecified atom stereocenters. The van der Waals surface area contributed by atoms with Gasteiger partial charge in [0.1, 0.15) is 19.8 Å². The molecule has 0 bridgehead atoms. The maximum absolute atomic E-state index is 12.5. The fourth-order valence-electron chi connectivity index (χ4n) is 4.10. The summed E-state index contributed by atoms with van der Waals surface area (Å²) in [4.78, 5) is 36.9. The van der Waals surface area contributed by atoms with E-state index in [9.17, 15) is 19.0 Å². The van der Waals surface area contributed by atoms with Crippen LogP contribution in [0.3, 0.4) is 0 Å². The van der Waals surface area contributed by atoms with Crippen LogP contribution in [0.4, 0.5) is 0 Å². The number of likely N-dealkylation sites (N-methyl/N-ethyl adjacent to an activating group) is 1. The summed E-state index contributed by atoms with van der Waals surface area (Å²) >= 11 is 0. The van der Waals surface area contributed by atoms with E-state index >= 15 is 0 Å². The molecule has 0 aliphatic carbocycles. The first-order chi connectivity index (χ1) is 20.0. The van der Waals surface area contributed by atoms with Crippen molar-refractivity contribution in [1.29, 1.82) is 0 Å².